The van der Waals surface area contributed by atoms with Gasteiger partial charge in [-0.3, -0.25) is 9.78 Å². The maximum Gasteiger partial charge on any atom is 0.252 e. The van der Waals surface area contributed by atoms with Crippen LogP contribution in [0, 0.1) is 0 Å². The summed E-state index contributed by atoms with van der Waals surface area (Å²) in [5.41, 5.74) is 3.59. The van der Waals surface area contributed by atoms with Crippen LogP contribution in [0.15, 0.2) is 65.5 Å². The summed E-state index contributed by atoms with van der Waals surface area (Å²) in [6.45, 7) is 2.19. The van der Waals surface area contributed by atoms with Crippen molar-refractivity contribution in [2.45, 2.75) is 19.1 Å². The third-order valence-electron chi connectivity index (χ3n) is 3.65. The first-order valence-electron chi connectivity index (χ1n) is 8.35. The predicted octanol–water partition coefficient (Wildman–Crippen LogP) is 4.82. The number of nitrogens with zero attached hydrogens (tertiary/aromatic N) is 1. The van der Waals surface area contributed by atoms with Gasteiger partial charge in [-0.15, -0.1) is 0 Å². The molecule has 0 spiro atoms. The topological polar surface area (TPSA) is 57.8 Å². The normalized spacial score (nSPS) is 10.6. The van der Waals surface area contributed by atoms with E-state index < -0.39 is 0 Å². The average molecular weight is 351 g/mol. The Morgan fingerprint density at radius 2 is 1.84 bits per heavy atom. The molecule has 0 bridgehead atoms. The second-order valence-corrected chi connectivity index (χ2v) is 6.82. The number of aromatic amines is 1. The molecule has 0 amide bonds. The number of rotatable bonds is 7. The lowest BCUT2D eigenvalue weighted by atomic mass is 10.1. The fourth-order valence-corrected chi connectivity index (χ4v) is 3.29. The summed E-state index contributed by atoms with van der Waals surface area (Å²) in [7, 11) is 0. The van der Waals surface area contributed by atoms with Gasteiger partial charge in [0.25, 0.3) is 5.56 Å². The van der Waals surface area contributed by atoms with Crippen LogP contribution in [0.4, 0.5) is 11.6 Å². The Morgan fingerprint density at radius 1 is 1.08 bits per heavy atom. The highest BCUT2D eigenvalue weighted by Crippen LogP contribution is 2.19. The van der Waals surface area contributed by atoms with E-state index in [2.05, 4.69) is 34.3 Å². The van der Waals surface area contributed by atoms with Crippen molar-refractivity contribution in [3.8, 4) is 11.3 Å². The van der Waals surface area contributed by atoms with Gasteiger partial charge in [0.1, 0.15) is 0 Å². The Balaban J connectivity index is 1.74. The summed E-state index contributed by atoms with van der Waals surface area (Å²) in [4.78, 5) is 19.2. The molecule has 3 aromatic rings. The molecule has 0 saturated carbocycles. The zero-order valence-electron chi connectivity index (χ0n) is 14.2. The summed E-state index contributed by atoms with van der Waals surface area (Å²) in [5.74, 6) is 2.64. The Labute approximate surface area is 151 Å². The fraction of sp³-hybridized carbons (Fsp3) is 0.200. The number of anilines is 2. The molecule has 2 N–H and O–H groups in total. The molecule has 1 heterocycles. The van der Waals surface area contributed by atoms with Crippen LogP contribution >= 0.6 is 11.8 Å². The molecule has 0 aliphatic rings. The Bertz CT molecular complexity index is 860. The van der Waals surface area contributed by atoms with Gasteiger partial charge in [-0.25, -0.2) is 4.98 Å². The van der Waals surface area contributed by atoms with Gasteiger partial charge in [-0.05, 0) is 29.9 Å². The zero-order chi connectivity index (χ0) is 17.5. The molecule has 2 aromatic carbocycles. The molecule has 25 heavy (non-hydrogen) atoms. The van der Waals surface area contributed by atoms with Crippen LogP contribution in [-0.4, -0.2) is 15.7 Å². The molecule has 0 saturated heterocycles. The first-order valence-corrected chi connectivity index (χ1v) is 9.50. The number of H-pyrrole nitrogens is 1. The second kappa shape index (κ2) is 8.53. The van der Waals surface area contributed by atoms with Crippen LogP contribution in [0.25, 0.3) is 11.3 Å². The van der Waals surface area contributed by atoms with Gasteiger partial charge < -0.3 is 5.32 Å². The summed E-state index contributed by atoms with van der Waals surface area (Å²) in [5, 5.41) is 3.18. The molecular weight excluding hydrogens is 330 g/mol. The number of benzene rings is 2. The quantitative estimate of drug-likeness (QED) is 0.599. The minimum atomic E-state index is -0.177. The summed E-state index contributed by atoms with van der Waals surface area (Å²) in [6.07, 6.45) is 1.20. The number of thioether (sulfide) groups is 1. The lowest BCUT2D eigenvalue weighted by molar-refractivity contribution is 1.10. The Hall–Kier alpha value is -2.53. The van der Waals surface area contributed by atoms with Crippen LogP contribution < -0.4 is 10.9 Å². The molecular formula is C20H21N3OS. The third-order valence-corrected chi connectivity index (χ3v) is 4.88. The minimum absolute atomic E-state index is 0.177. The molecule has 0 unspecified atom stereocenters. The summed E-state index contributed by atoms with van der Waals surface area (Å²) < 4.78 is 0. The lowest BCUT2D eigenvalue weighted by Gasteiger charge is -2.08. The molecule has 5 heteroatoms. The maximum absolute atomic E-state index is 11.9. The van der Waals surface area contributed by atoms with Gasteiger partial charge in [0, 0.05) is 23.1 Å². The number of hydrogen-bond donors (Lipinski definition) is 2. The van der Waals surface area contributed by atoms with Crippen LogP contribution in [0.5, 0.6) is 0 Å². The third kappa shape index (κ3) is 4.97. The van der Waals surface area contributed by atoms with Crippen molar-refractivity contribution >= 4 is 23.4 Å². The smallest absolute Gasteiger partial charge is 0.252 e. The van der Waals surface area contributed by atoms with E-state index in [0.717, 1.165) is 17.0 Å². The minimum Gasteiger partial charge on any atom is -0.326 e. The highest BCUT2D eigenvalue weighted by atomic mass is 32.2. The van der Waals surface area contributed by atoms with E-state index in [9.17, 15) is 4.79 Å². The molecule has 0 atom stereocenters. The van der Waals surface area contributed by atoms with E-state index in [0.29, 0.717) is 11.6 Å². The van der Waals surface area contributed by atoms with Gasteiger partial charge in [-0.1, -0.05) is 49.4 Å². The molecule has 1 aromatic heterocycles. The highest BCUT2D eigenvalue weighted by molar-refractivity contribution is 7.98. The predicted molar refractivity (Wildman–Crippen MR) is 106 cm³/mol. The molecule has 128 valence electrons. The van der Waals surface area contributed by atoms with Crippen molar-refractivity contribution in [2.75, 3.05) is 11.1 Å². The van der Waals surface area contributed by atoms with E-state index in [-0.39, 0.29) is 5.56 Å². The first-order chi connectivity index (χ1) is 12.2. The van der Waals surface area contributed by atoms with Crippen molar-refractivity contribution in [1.29, 1.82) is 0 Å². The standard InChI is InChI=1S/C20H21N3OS/c1-2-12-25-14-15-8-10-17(11-9-15)21-20-22-18(13-19(24)23-20)16-6-4-3-5-7-16/h3-11,13H,2,12,14H2,1H3,(H2,21,22,23,24). The van der Waals surface area contributed by atoms with Gasteiger partial charge in [-0.2, -0.15) is 11.8 Å². The highest BCUT2D eigenvalue weighted by Gasteiger charge is 2.04. The number of hydrogen-bond acceptors (Lipinski definition) is 4. The van der Waals surface area contributed by atoms with E-state index in [4.69, 9.17) is 0 Å². The van der Waals surface area contributed by atoms with E-state index in [1.165, 1.54) is 23.8 Å². The molecule has 0 radical (unpaired) electrons. The van der Waals surface area contributed by atoms with Gasteiger partial charge in [0.05, 0.1) is 5.69 Å². The van der Waals surface area contributed by atoms with Crippen molar-refractivity contribution in [1.82, 2.24) is 9.97 Å². The fourth-order valence-electron chi connectivity index (χ4n) is 2.43. The summed E-state index contributed by atoms with van der Waals surface area (Å²) in [6, 6.07) is 19.4. The van der Waals surface area contributed by atoms with Crippen LogP contribution in [0.2, 0.25) is 0 Å². The van der Waals surface area contributed by atoms with Gasteiger partial charge in [0.15, 0.2) is 0 Å². The largest absolute Gasteiger partial charge is 0.326 e. The SMILES string of the molecule is CCCSCc1ccc(Nc2nc(-c3ccccc3)cc(=O)[nH]2)cc1. The van der Waals surface area contributed by atoms with Crippen molar-refractivity contribution in [3.63, 3.8) is 0 Å². The number of nitrogens with one attached hydrogen (secondary N) is 2. The van der Waals surface area contributed by atoms with Crippen LogP contribution in [0.1, 0.15) is 18.9 Å². The van der Waals surface area contributed by atoms with E-state index in [1.54, 1.807) is 0 Å². The van der Waals surface area contributed by atoms with Gasteiger partial charge >= 0.3 is 0 Å². The molecule has 3 rings (SSSR count). The zero-order valence-corrected chi connectivity index (χ0v) is 15.0. The van der Waals surface area contributed by atoms with Crippen molar-refractivity contribution in [3.05, 3.63) is 76.6 Å². The summed E-state index contributed by atoms with van der Waals surface area (Å²) >= 11 is 1.94. The Morgan fingerprint density at radius 3 is 2.56 bits per heavy atom. The van der Waals surface area contributed by atoms with Crippen molar-refractivity contribution in [2.24, 2.45) is 0 Å². The van der Waals surface area contributed by atoms with Crippen molar-refractivity contribution < 1.29 is 0 Å². The molecule has 0 aliphatic heterocycles. The maximum atomic E-state index is 11.9. The molecule has 4 nitrogen and oxygen atoms in total. The Kier molecular flexibility index (Phi) is 5.90. The first kappa shape index (κ1) is 17.3. The second-order valence-electron chi connectivity index (χ2n) is 5.72. The molecule has 0 aliphatic carbocycles. The lowest BCUT2D eigenvalue weighted by Crippen LogP contribution is -2.10. The van der Waals surface area contributed by atoms with Crippen LogP contribution in [-0.2, 0) is 5.75 Å². The number of aromatic nitrogens is 2. The monoisotopic (exact) mass is 351 g/mol. The van der Waals surface area contributed by atoms with E-state index in [1.807, 2.05) is 54.2 Å². The average Bonchev–Trinajstić information content (AvgIpc) is 2.64. The van der Waals surface area contributed by atoms with Gasteiger partial charge in [0.2, 0.25) is 5.95 Å². The molecule has 0 fully saturated rings. The van der Waals surface area contributed by atoms with Crippen LogP contribution in [0.3, 0.4) is 0 Å². The van der Waals surface area contributed by atoms with E-state index >= 15 is 0 Å².